The van der Waals surface area contributed by atoms with Gasteiger partial charge in [-0.3, -0.25) is 0 Å². The van der Waals surface area contributed by atoms with E-state index in [0.29, 0.717) is 23.7 Å². The van der Waals surface area contributed by atoms with Gasteiger partial charge in [0.2, 0.25) is 0 Å². The predicted molar refractivity (Wildman–Crippen MR) is 133 cm³/mol. The molecule has 1 aromatic heterocycles. The van der Waals surface area contributed by atoms with Crippen LogP contribution in [-0.4, -0.2) is 29.7 Å². The van der Waals surface area contributed by atoms with Crippen molar-refractivity contribution in [2.75, 3.05) is 19.5 Å². The lowest BCUT2D eigenvalue weighted by Crippen LogP contribution is -2.38. The van der Waals surface area contributed by atoms with Crippen molar-refractivity contribution >= 4 is 11.7 Å². The van der Waals surface area contributed by atoms with E-state index < -0.39 is 0 Å². The summed E-state index contributed by atoms with van der Waals surface area (Å²) in [5, 5.41) is 3.08. The maximum atomic E-state index is 13.9. The molecule has 0 radical (unpaired) electrons. The van der Waals surface area contributed by atoms with E-state index in [9.17, 15) is 4.79 Å². The van der Waals surface area contributed by atoms with E-state index in [2.05, 4.69) is 59.4 Å². The first-order chi connectivity index (χ1) is 16.6. The second-order valence-electron chi connectivity index (χ2n) is 8.37. The molecule has 6 nitrogen and oxygen atoms in total. The van der Waals surface area contributed by atoms with Gasteiger partial charge in [-0.05, 0) is 48.4 Å². The molecule has 0 saturated heterocycles. The van der Waals surface area contributed by atoms with Crippen LogP contribution in [0.2, 0.25) is 0 Å². The summed E-state index contributed by atoms with van der Waals surface area (Å²) in [7, 11) is 3.18. The number of hydrogen-bond donors (Lipinski definition) is 1. The molecular weight excluding hydrogens is 426 g/mol. The first-order valence-corrected chi connectivity index (χ1v) is 11.2. The summed E-state index contributed by atoms with van der Waals surface area (Å²) in [5.74, 6) is 1.20. The fraction of sp³-hybridized carbons (Fsp3) is 0.179. The number of aromatic nitrogens is 1. The van der Waals surface area contributed by atoms with Gasteiger partial charge in [-0.2, -0.15) is 0 Å². The molecule has 1 N–H and O–H groups in total. The highest BCUT2D eigenvalue weighted by atomic mass is 16.5. The number of ether oxygens (including phenoxy) is 2. The Kier molecular flexibility index (Phi) is 5.72. The Morgan fingerprint density at radius 1 is 0.941 bits per heavy atom. The van der Waals surface area contributed by atoms with Gasteiger partial charge in [0, 0.05) is 18.0 Å². The number of methoxy groups -OCH3 is 2. The number of hydrogen-bond acceptors (Lipinski definition) is 3. The molecule has 2 heterocycles. The molecule has 6 heteroatoms. The van der Waals surface area contributed by atoms with Crippen LogP contribution < -0.4 is 14.8 Å². The molecule has 1 aliphatic heterocycles. The highest BCUT2D eigenvalue weighted by molar-refractivity contribution is 5.92. The van der Waals surface area contributed by atoms with Crippen LogP contribution in [0, 0.1) is 6.92 Å². The number of nitrogens with zero attached hydrogens (tertiary/aromatic N) is 2. The van der Waals surface area contributed by atoms with Crippen molar-refractivity contribution in [2.24, 2.45) is 0 Å². The summed E-state index contributed by atoms with van der Waals surface area (Å²) >= 11 is 0. The van der Waals surface area contributed by atoms with E-state index >= 15 is 0 Å². The summed E-state index contributed by atoms with van der Waals surface area (Å²) in [5.41, 5.74) is 5.99. The first kappa shape index (κ1) is 21.6. The lowest BCUT2D eigenvalue weighted by Gasteiger charge is -2.31. The van der Waals surface area contributed by atoms with Crippen molar-refractivity contribution in [1.82, 2.24) is 9.47 Å². The second-order valence-corrected chi connectivity index (χ2v) is 8.37. The van der Waals surface area contributed by atoms with Gasteiger partial charge in [-0.25, -0.2) is 4.79 Å². The molecule has 0 spiro atoms. The third-order valence-corrected chi connectivity index (χ3v) is 6.23. The Labute approximate surface area is 199 Å². The van der Waals surface area contributed by atoms with Gasteiger partial charge in [0.05, 0.1) is 38.2 Å². The van der Waals surface area contributed by atoms with Gasteiger partial charge in [0.25, 0.3) is 0 Å². The third kappa shape index (κ3) is 3.88. The second kappa shape index (κ2) is 8.98. The third-order valence-electron chi connectivity index (χ3n) is 6.23. The number of carbonyl (C=O) groups is 1. The lowest BCUT2D eigenvalue weighted by atomic mass is 10.00. The van der Waals surface area contributed by atoms with E-state index in [-0.39, 0.29) is 12.1 Å². The topological polar surface area (TPSA) is 55.7 Å². The van der Waals surface area contributed by atoms with E-state index in [1.54, 1.807) is 32.4 Å². The molecule has 0 saturated carbocycles. The number of nitrogens with one attached hydrogen (secondary N) is 1. The monoisotopic (exact) mass is 453 g/mol. The molecule has 172 valence electrons. The summed E-state index contributed by atoms with van der Waals surface area (Å²) in [6.45, 7) is 2.53. The fourth-order valence-electron chi connectivity index (χ4n) is 4.62. The smallest absolute Gasteiger partial charge is 0.323 e. The Morgan fingerprint density at radius 2 is 1.79 bits per heavy atom. The van der Waals surface area contributed by atoms with Gasteiger partial charge < -0.3 is 24.3 Å². The van der Waals surface area contributed by atoms with E-state index in [4.69, 9.17) is 9.47 Å². The number of urea groups is 1. The highest BCUT2D eigenvalue weighted by Crippen LogP contribution is 2.38. The van der Waals surface area contributed by atoms with Crippen LogP contribution in [0.5, 0.6) is 11.5 Å². The molecule has 34 heavy (non-hydrogen) atoms. The minimum Gasteiger partial charge on any atom is -0.497 e. The average Bonchev–Trinajstić information content (AvgIpc) is 3.28. The zero-order valence-electron chi connectivity index (χ0n) is 19.5. The largest absolute Gasteiger partial charge is 0.497 e. The molecule has 0 bridgehead atoms. The summed E-state index contributed by atoms with van der Waals surface area (Å²) in [4.78, 5) is 15.8. The Bertz CT molecular complexity index is 1340. The molecule has 0 aliphatic carbocycles. The van der Waals surface area contributed by atoms with Gasteiger partial charge in [0.15, 0.2) is 0 Å². The minimum absolute atomic E-state index is 0.209. The van der Waals surface area contributed by atoms with Gasteiger partial charge >= 0.3 is 6.03 Å². The van der Waals surface area contributed by atoms with Gasteiger partial charge in [-0.15, -0.1) is 0 Å². The predicted octanol–water partition coefficient (Wildman–Crippen LogP) is 5.94. The number of carbonyl (C=O) groups excluding carboxylic acids is 1. The van der Waals surface area contributed by atoms with Crippen LogP contribution in [0.1, 0.15) is 28.4 Å². The van der Waals surface area contributed by atoms with Gasteiger partial charge in [-0.1, -0.05) is 48.0 Å². The van der Waals surface area contributed by atoms with Crippen molar-refractivity contribution in [1.29, 1.82) is 0 Å². The van der Waals surface area contributed by atoms with Crippen LogP contribution in [0.3, 0.4) is 0 Å². The molecule has 4 aromatic rings. The van der Waals surface area contributed by atoms with Crippen molar-refractivity contribution in [3.63, 3.8) is 0 Å². The number of fused-ring (bicyclic) bond motifs is 3. The summed E-state index contributed by atoms with van der Waals surface area (Å²) in [6.07, 6.45) is 2.06. The fourth-order valence-corrected chi connectivity index (χ4v) is 4.62. The zero-order chi connectivity index (χ0) is 23.7. The SMILES string of the molecule is COc1ccc(NC(=O)N2Cc3ccccc3-n3cccc3[C@H]2c2cccc(C)c2)c(OC)c1. The number of anilines is 1. The summed E-state index contributed by atoms with van der Waals surface area (Å²) in [6, 6.07) is 25.6. The Balaban J connectivity index is 1.61. The van der Waals surface area contributed by atoms with E-state index in [0.717, 1.165) is 28.1 Å². The Hall–Kier alpha value is -4.19. The van der Waals surface area contributed by atoms with Crippen LogP contribution in [0.25, 0.3) is 5.69 Å². The van der Waals surface area contributed by atoms with E-state index in [1.807, 2.05) is 29.2 Å². The number of aryl methyl sites for hydroxylation is 1. The summed E-state index contributed by atoms with van der Waals surface area (Å²) < 4.78 is 13.0. The number of benzene rings is 3. The maximum Gasteiger partial charge on any atom is 0.323 e. The standard InChI is InChI=1S/C28H27N3O3/c1-19-8-6-10-20(16-19)27-25-12-7-15-30(25)24-11-5-4-9-21(24)18-31(27)28(32)29-23-14-13-22(33-2)17-26(23)34-3/h4-17,27H,18H2,1-3H3,(H,29,32)/t27-/m1/s1. The molecule has 0 unspecified atom stereocenters. The van der Waals surface area contributed by atoms with Crippen LogP contribution in [0.4, 0.5) is 10.5 Å². The van der Waals surface area contributed by atoms with E-state index in [1.165, 1.54) is 0 Å². The maximum absolute atomic E-state index is 13.9. The molecule has 0 fully saturated rings. The number of rotatable bonds is 4. The molecule has 3 aromatic carbocycles. The molecule has 1 atom stereocenters. The number of amides is 2. The quantitative estimate of drug-likeness (QED) is 0.416. The zero-order valence-corrected chi connectivity index (χ0v) is 19.5. The Morgan fingerprint density at radius 3 is 2.59 bits per heavy atom. The lowest BCUT2D eigenvalue weighted by molar-refractivity contribution is 0.194. The average molecular weight is 454 g/mol. The molecule has 2 amide bonds. The van der Waals surface area contributed by atoms with Crippen LogP contribution in [0.15, 0.2) is 85.1 Å². The highest BCUT2D eigenvalue weighted by Gasteiger charge is 2.33. The van der Waals surface area contributed by atoms with Crippen molar-refractivity contribution in [3.8, 4) is 17.2 Å². The van der Waals surface area contributed by atoms with Crippen molar-refractivity contribution < 1.29 is 14.3 Å². The van der Waals surface area contributed by atoms with Crippen molar-refractivity contribution in [3.05, 3.63) is 107 Å². The molecular formula is C28H27N3O3. The van der Waals surface area contributed by atoms with Crippen LogP contribution in [-0.2, 0) is 6.54 Å². The van der Waals surface area contributed by atoms with Gasteiger partial charge in [0.1, 0.15) is 11.5 Å². The normalized spacial score (nSPS) is 14.6. The van der Waals surface area contributed by atoms with Crippen molar-refractivity contribution in [2.45, 2.75) is 19.5 Å². The van der Waals surface area contributed by atoms with Crippen LogP contribution >= 0.6 is 0 Å². The molecule has 1 aliphatic rings. The first-order valence-electron chi connectivity index (χ1n) is 11.2. The minimum atomic E-state index is -0.272. The number of para-hydroxylation sites is 1. The molecule has 5 rings (SSSR count).